The van der Waals surface area contributed by atoms with Gasteiger partial charge in [0.1, 0.15) is 5.82 Å². The van der Waals surface area contributed by atoms with Gasteiger partial charge in [-0.25, -0.2) is 4.98 Å². The average Bonchev–Trinajstić information content (AvgIpc) is 2.19. The second-order valence-corrected chi connectivity index (χ2v) is 3.29. The first-order valence-corrected chi connectivity index (χ1v) is 4.64. The first kappa shape index (κ1) is 11.9. The molecule has 0 spiro atoms. The molecule has 0 aromatic carbocycles. The number of ether oxygens (including phenoxy) is 2. The van der Waals surface area contributed by atoms with Gasteiger partial charge in [0.2, 0.25) is 0 Å². The zero-order chi connectivity index (χ0) is 11.4. The second kappa shape index (κ2) is 5.06. The van der Waals surface area contributed by atoms with E-state index in [2.05, 4.69) is 4.98 Å². The monoisotopic (exact) mass is 211 g/mol. The standard InChI is InChI=1S/C10H17N3O2/c1-6-4-5-13-9(12)7(6)8(11)10(14-2)15-3/h4-5,8,10H,11H2,1-3H3,(H2,12,13). The Balaban J connectivity index is 3.04. The van der Waals surface area contributed by atoms with Crippen LogP contribution in [0.5, 0.6) is 0 Å². The largest absolute Gasteiger partial charge is 0.383 e. The Hall–Kier alpha value is -1.17. The summed E-state index contributed by atoms with van der Waals surface area (Å²) in [6, 6.07) is 1.42. The van der Waals surface area contributed by atoms with E-state index in [9.17, 15) is 0 Å². The molecule has 84 valence electrons. The van der Waals surface area contributed by atoms with Gasteiger partial charge in [0.15, 0.2) is 6.29 Å². The summed E-state index contributed by atoms with van der Waals surface area (Å²) in [4.78, 5) is 4.00. The second-order valence-electron chi connectivity index (χ2n) is 3.29. The molecule has 4 N–H and O–H groups in total. The van der Waals surface area contributed by atoms with E-state index in [0.717, 1.165) is 11.1 Å². The van der Waals surface area contributed by atoms with Gasteiger partial charge in [-0.1, -0.05) is 0 Å². The lowest BCUT2D eigenvalue weighted by Crippen LogP contribution is -2.31. The van der Waals surface area contributed by atoms with Crippen LogP contribution in [-0.2, 0) is 9.47 Å². The Morgan fingerprint density at radius 3 is 2.40 bits per heavy atom. The highest BCUT2D eigenvalue weighted by atomic mass is 16.7. The SMILES string of the molecule is COC(OC)C(N)c1c(C)ccnc1N. The molecule has 1 heterocycles. The Labute approximate surface area is 89.4 Å². The highest BCUT2D eigenvalue weighted by molar-refractivity contribution is 5.46. The topological polar surface area (TPSA) is 83.4 Å². The predicted molar refractivity (Wildman–Crippen MR) is 58.1 cm³/mol. The van der Waals surface area contributed by atoms with Gasteiger partial charge in [-0.2, -0.15) is 0 Å². The molecule has 0 aliphatic heterocycles. The normalized spacial score (nSPS) is 13.1. The minimum Gasteiger partial charge on any atom is -0.383 e. The van der Waals surface area contributed by atoms with E-state index in [1.807, 2.05) is 13.0 Å². The number of nitrogens with zero attached hydrogens (tertiary/aromatic N) is 1. The fraction of sp³-hybridized carbons (Fsp3) is 0.500. The van der Waals surface area contributed by atoms with Crippen LogP contribution in [0.25, 0.3) is 0 Å². The Morgan fingerprint density at radius 2 is 1.93 bits per heavy atom. The molecule has 1 aromatic heterocycles. The molecule has 0 amide bonds. The van der Waals surface area contributed by atoms with Crippen molar-refractivity contribution in [2.45, 2.75) is 19.3 Å². The van der Waals surface area contributed by atoms with Crippen LogP contribution in [-0.4, -0.2) is 25.5 Å². The van der Waals surface area contributed by atoms with Crippen LogP contribution in [0.2, 0.25) is 0 Å². The molecule has 1 rings (SSSR count). The van der Waals surface area contributed by atoms with Crippen LogP contribution in [0.15, 0.2) is 12.3 Å². The third-order valence-electron chi connectivity index (χ3n) is 2.33. The van der Waals surface area contributed by atoms with Crippen molar-refractivity contribution < 1.29 is 9.47 Å². The van der Waals surface area contributed by atoms with Crippen LogP contribution >= 0.6 is 0 Å². The number of nitrogens with two attached hydrogens (primary N) is 2. The zero-order valence-corrected chi connectivity index (χ0v) is 9.23. The van der Waals surface area contributed by atoms with Crippen molar-refractivity contribution in [1.82, 2.24) is 4.98 Å². The van der Waals surface area contributed by atoms with Crippen molar-refractivity contribution in [3.05, 3.63) is 23.4 Å². The van der Waals surface area contributed by atoms with Crippen molar-refractivity contribution in [2.75, 3.05) is 20.0 Å². The van der Waals surface area contributed by atoms with Gasteiger partial charge in [0.05, 0.1) is 6.04 Å². The van der Waals surface area contributed by atoms with Crippen molar-refractivity contribution >= 4 is 5.82 Å². The summed E-state index contributed by atoms with van der Waals surface area (Å²) in [6.07, 6.45) is 1.13. The molecule has 0 radical (unpaired) electrons. The van der Waals surface area contributed by atoms with E-state index in [1.54, 1.807) is 6.20 Å². The van der Waals surface area contributed by atoms with Gasteiger partial charge in [-0.05, 0) is 18.6 Å². The molecule has 5 heteroatoms. The van der Waals surface area contributed by atoms with Crippen molar-refractivity contribution in [1.29, 1.82) is 0 Å². The summed E-state index contributed by atoms with van der Waals surface area (Å²) in [5.74, 6) is 0.418. The number of methoxy groups -OCH3 is 2. The lowest BCUT2D eigenvalue weighted by molar-refractivity contribution is -0.117. The summed E-state index contributed by atoms with van der Waals surface area (Å²) in [5.41, 5.74) is 13.5. The van der Waals surface area contributed by atoms with E-state index >= 15 is 0 Å². The average molecular weight is 211 g/mol. The Morgan fingerprint density at radius 1 is 1.33 bits per heavy atom. The molecular weight excluding hydrogens is 194 g/mol. The summed E-state index contributed by atoms with van der Waals surface area (Å²) in [5, 5.41) is 0. The van der Waals surface area contributed by atoms with Gasteiger partial charge < -0.3 is 20.9 Å². The lowest BCUT2D eigenvalue weighted by atomic mass is 10.0. The summed E-state index contributed by atoms with van der Waals surface area (Å²) < 4.78 is 10.2. The predicted octanol–water partition coefficient (Wildman–Crippen LogP) is 0.591. The van der Waals surface area contributed by atoms with Crippen LogP contribution < -0.4 is 11.5 Å². The number of aryl methyl sites for hydroxylation is 1. The number of anilines is 1. The maximum Gasteiger partial charge on any atom is 0.176 e. The Kier molecular flexibility index (Phi) is 4.02. The van der Waals surface area contributed by atoms with E-state index in [1.165, 1.54) is 14.2 Å². The van der Waals surface area contributed by atoms with Crippen LogP contribution in [0.4, 0.5) is 5.82 Å². The van der Waals surface area contributed by atoms with Gasteiger partial charge in [0.25, 0.3) is 0 Å². The van der Waals surface area contributed by atoms with E-state index in [-0.39, 0.29) is 0 Å². The number of pyridine rings is 1. The fourth-order valence-electron chi connectivity index (χ4n) is 1.55. The van der Waals surface area contributed by atoms with Crippen molar-refractivity contribution in [3.63, 3.8) is 0 Å². The Bertz CT molecular complexity index is 306. The van der Waals surface area contributed by atoms with Crippen LogP contribution in [0.1, 0.15) is 17.2 Å². The highest BCUT2D eigenvalue weighted by Gasteiger charge is 2.22. The maximum absolute atomic E-state index is 5.99. The summed E-state index contributed by atoms with van der Waals surface area (Å²) in [7, 11) is 3.08. The van der Waals surface area contributed by atoms with Gasteiger partial charge in [-0.3, -0.25) is 0 Å². The maximum atomic E-state index is 5.99. The highest BCUT2D eigenvalue weighted by Crippen LogP contribution is 2.24. The number of aromatic nitrogens is 1. The van der Waals surface area contributed by atoms with Crippen molar-refractivity contribution in [3.8, 4) is 0 Å². The quantitative estimate of drug-likeness (QED) is 0.712. The molecule has 0 fully saturated rings. The van der Waals surface area contributed by atoms with E-state index in [0.29, 0.717) is 5.82 Å². The number of hydrogen-bond donors (Lipinski definition) is 2. The molecule has 0 saturated heterocycles. The fourth-order valence-corrected chi connectivity index (χ4v) is 1.55. The third-order valence-corrected chi connectivity index (χ3v) is 2.33. The minimum absolute atomic E-state index is 0.418. The van der Waals surface area contributed by atoms with Gasteiger partial charge in [-0.15, -0.1) is 0 Å². The number of rotatable bonds is 4. The van der Waals surface area contributed by atoms with Gasteiger partial charge in [0, 0.05) is 26.0 Å². The molecule has 0 saturated carbocycles. The van der Waals surface area contributed by atoms with E-state index < -0.39 is 12.3 Å². The van der Waals surface area contributed by atoms with Crippen molar-refractivity contribution in [2.24, 2.45) is 5.73 Å². The number of hydrogen-bond acceptors (Lipinski definition) is 5. The molecule has 1 aromatic rings. The molecule has 0 aliphatic rings. The first-order valence-electron chi connectivity index (χ1n) is 4.64. The molecule has 1 atom stereocenters. The smallest absolute Gasteiger partial charge is 0.176 e. The third kappa shape index (κ3) is 2.44. The first-order chi connectivity index (χ1) is 7.11. The van der Waals surface area contributed by atoms with Crippen LogP contribution in [0.3, 0.4) is 0 Å². The molecule has 15 heavy (non-hydrogen) atoms. The lowest BCUT2D eigenvalue weighted by Gasteiger charge is -2.23. The van der Waals surface area contributed by atoms with Crippen LogP contribution in [0, 0.1) is 6.92 Å². The zero-order valence-electron chi connectivity index (χ0n) is 9.23. The van der Waals surface area contributed by atoms with E-state index in [4.69, 9.17) is 20.9 Å². The minimum atomic E-state index is -0.518. The molecule has 5 nitrogen and oxygen atoms in total. The summed E-state index contributed by atoms with van der Waals surface area (Å²) >= 11 is 0. The number of nitrogen functional groups attached to an aromatic ring is 1. The molecule has 0 bridgehead atoms. The molecule has 0 aliphatic carbocycles. The summed E-state index contributed by atoms with van der Waals surface area (Å²) in [6.45, 7) is 1.93. The molecular formula is C10H17N3O2. The molecule has 1 unspecified atom stereocenters. The van der Waals surface area contributed by atoms with Gasteiger partial charge >= 0.3 is 0 Å².